The molecule has 0 bridgehead atoms. The largest absolute Gasteiger partial charge is 0.477 e. The number of rotatable bonds is 6. The number of nitrogens with zero attached hydrogens (tertiary/aromatic N) is 3. The first-order valence-electron chi connectivity index (χ1n) is 9.42. The summed E-state index contributed by atoms with van der Waals surface area (Å²) in [4.78, 5) is 30.4. The second kappa shape index (κ2) is 7.41. The number of halogens is 1. The van der Waals surface area contributed by atoms with Crippen LogP contribution >= 0.6 is 0 Å². The molecule has 1 fully saturated rings. The molecule has 1 saturated heterocycles. The monoisotopic (exact) mass is 400 g/mol. The van der Waals surface area contributed by atoms with E-state index >= 15 is 0 Å². The number of hydrogen-bond acceptors (Lipinski definition) is 6. The third-order valence-electron chi connectivity index (χ3n) is 5.25. The van der Waals surface area contributed by atoms with Crippen LogP contribution in [0.5, 0.6) is 0 Å². The number of carbonyl (C=O) groups is 1. The zero-order chi connectivity index (χ0) is 20.7. The molecule has 0 saturated carbocycles. The van der Waals surface area contributed by atoms with Crippen LogP contribution in [0.4, 0.5) is 10.1 Å². The van der Waals surface area contributed by atoms with E-state index in [2.05, 4.69) is 10.3 Å². The molecule has 0 spiro atoms. The Morgan fingerprint density at radius 1 is 1.34 bits per heavy atom. The van der Waals surface area contributed by atoms with Gasteiger partial charge in [0.15, 0.2) is 0 Å². The fourth-order valence-electron chi connectivity index (χ4n) is 3.69. The fraction of sp³-hybridized carbons (Fsp3) is 0.350. The summed E-state index contributed by atoms with van der Waals surface area (Å²) in [6, 6.07) is 4.69. The number of aromatic nitrogens is 2. The van der Waals surface area contributed by atoms with Gasteiger partial charge in [-0.3, -0.25) is 4.79 Å². The molecule has 3 aromatic rings. The summed E-state index contributed by atoms with van der Waals surface area (Å²) in [6.07, 6.45) is 1.29. The van der Waals surface area contributed by atoms with E-state index in [-0.39, 0.29) is 23.6 Å². The summed E-state index contributed by atoms with van der Waals surface area (Å²) in [6.45, 7) is 4.07. The minimum absolute atomic E-state index is 0.0561. The standard InChI is InChI=1S/C20H21FN4O4/c1-2-24-10-14(20(28)29)18(27)13-5-11-6-15(21)17(7-16(11)23-19(13)24)25-8-12(9-25)22-3-4-26/h5-7,10,12,22,26H,2-4,8-9H2,1H3,(H,28,29). The lowest BCUT2D eigenvalue weighted by Gasteiger charge is -2.41. The van der Waals surface area contributed by atoms with Gasteiger partial charge in [0.25, 0.3) is 0 Å². The number of aromatic carboxylic acids is 1. The van der Waals surface area contributed by atoms with Gasteiger partial charge in [0.1, 0.15) is 17.0 Å². The quantitative estimate of drug-likeness (QED) is 0.533. The molecule has 0 aliphatic carbocycles. The molecule has 1 aliphatic rings. The van der Waals surface area contributed by atoms with Crippen LogP contribution in [0.15, 0.2) is 29.2 Å². The molecule has 29 heavy (non-hydrogen) atoms. The molecular weight excluding hydrogens is 379 g/mol. The van der Waals surface area contributed by atoms with E-state index in [1.165, 1.54) is 18.3 Å². The molecule has 0 amide bonds. The van der Waals surface area contributed by atoms with E-state index < -0.39 is 17.2 Å². The van der Waals surface area contributed by atoms with Gasteiger partial charge in [-0.25, -0.2) is 14.2 Å². The molecule has 0 atom stereocenters. The number of pyridine rings is 2. The SMILES string of the molecule is CCn1cc(C(=O)O)c(=O)c2cc3cc(F)c(N4CC(NCCO)C4)cc3nc21. The maximum absolute atomic E-state index is 14.7. The minimum atomic E-state index is -1.30. The molecule has 3 N–H and O–H groups in total. The number of aryl methyl sites for hydroxylation is 1. The molecule has 8 nitrogen and oxygen atoms in total. The molecule has 0 unspecified atom stereocenters. The average molecular weight is 400 g/mol. The lowest BCUT2D eigenvalue weighted by atomic mass is 10.1. The summed E-state index contributed by atoms with van der Waals surface area (Å²) in [5, 5.41) is 21.9. The Balaban J connectivity index is 1.80. The maximum Gasteiger partial charge on any atom is 0.341 e. The molecule has 0 radical (unpaired) electrons. The first-order chi connectivity index (χ1) is 13.9. The van der Waals surface area contributed by atoms with Gasteiger partial charge in [-0.05, 0) is 25.1 Å². The van der Waals surface area contributed by atoms with Crippen molar-refractivity contribution in [2.45, 2.75) is 19.5 Å². The molecule has 152 valence electrons. The van der Waals surface area contributed by atoms with Crippen molar-refractivity contribution in [3.8, 4) is 0 Å². The van der Waals surface area contributed by atoms with Gasteiger partial charge in [0, 0.05) is 43.8 Å². The number of anilines is 1. The smallest absolute Gasteiger partial charge is 0.341 e. The second-order valence-corrected chi connectivity index (χ2v) is 7.10. The van der Waals surface area contributed by atoms with E-state index in [1.54, 1.807) is 10.6 Å². The van der Waals surface area contributed by atoms with Crippen LogP contribution in [0.2, 0.25) is 0 Å². The highest BCUT2D eigenvalue weighted by molar-refractivity contribution is 5.96. The maximum atomic E-state index is 14.7. The van der Waals surface area contributed by atoms with E-state index in [4.69, 9.17) is 5.11 Å². The normalized spacial score (nSPS) is 14.5. The zero-order valence-corrected chi connectivity index (χ0v) is 15.9. The number of carboxylic acids is 1. The van der Waals surface area contributed by atoms with Crippen LogP contribution in [0.25, 0.3) is 21.9 Å². The number of nitrogens with one attached hydrogen (secondary N) is 1. The summed E-state index contributed by atoms with van der Waals surface area (Å²) < 4.78 is 16.3. The summed E-state index contributed by atoms with van der Waals surface area (Å²) >= 11 is 0. The van der Waals surface area contributed by atoms with Crippen molar-refractivity contribution < 1.29 is 19.4 Å². The Morgan fingerprint density at radius 3 is 2.76 bits per heavy atom. The van der Waals surface area contributed by atoms with Gasteiger partial charge < -0.3 is 25.0 Å². The Hall–Kier alpha value is -3.04. The molecule has 9 heteroatoms. The Morgan fingerprint density at radius 2 is 2.10 bits per heavy atom. The van der Waals surface area contributed by atoms with Crippen molar-refractivity contribution in [3.63, 3.8) is 0 Å². The highest BCUT2D eigenvalue weighted by atomic mass is 19.1. The second-order valence-electron chi connectivity index (χ2n) is 7.10. The van der Waals surface area contributed by atoms with Crippen molar-refractivity contribution in [2.24, 2.45) is 0 Å². The van der Waals surface area contributed by atoms with Crippen LogP contribution in [-0.2, 0) is 6.54 Å². The predicted octanol–water partition coefficient (Wildman–Crippen LogP) is 1.18. The van der Waals surface area contributed by atoms with E-state index in [9.17, 15) is 19.1 Å². The Bertz CT molecular complexity index is 1170. The molecule has 3 heterocycles. The zero-order valence-electron chi connectivity index (χ0n) is 15.9. The van der Waals surface area contributed by atoms with Crippen molar-refractivity contribution in [3.05, 3.63) is 46.0 Å². The summed E-state index contributed by atoms with van der Waals surface area (Å²) in [7, 11) is 0. The fourth-order valence-corrected chi connectivity index (χ4v) is 3.69. The van der Waals surface area contributed by atoms with Crippen LogP contribution < -0.4 is 15.6 Å². The third-order valence-corrected chi connectivity index (χ3v) is 5.25. The molecule has 1 aromatic carbocycles. The Kier molecular flexibility index (Phi) is 4.93. The number of hydrogen-bond donors (Lipinski definition) is 3. The highest BCUT2D eigenvalue weighted by Gasteiger charge is 2.28. The molecule has 2 aromatic heterocycles. The summed E-state index contributed by atoms with van der Waals surface area (Å²) in [5.74, 6) is -1.73. The van der Waals surface area contributed by atoms with Crippen LogP contribution in [-0.4, -0.2) is 58.0 Å². The van der Waals surface area contributed by atoms with Gasteiger partial charge in [0.05, 0.1) is 23.2 Å². The van der Waals surface area contributed by atoms with Crippen molar-refractivity contribution in [1.82, 2.24) is 14.9 Å². The average Bonchev–Trinajstić information content (AvgIpc) is 2.66. The van der Waals surface area contributed by atoms with E-state index in [1.807, 2.05) is 11.8 Å². The van der Waals surface area contributed by atoms with Gasteiger partial charge in [-0.1, -0.05) is 0 Å². The number of carboxylic acid groups (broad SMARTS) is 1. The first kappa shape index (κ1) is 19.3. The van der Waals surface area contributed by atoms with Gasteiger partial charge >= 0.3 is 5.97 Å². The van der Waals surface area contributed by atoms with Crippen molar-refractivity contribution in [1.29, 1.82) is 0 Å². The highest BCUT2D eigenvalue weighted by Crippen LogP contribution is 2.29. The minimum Gasteiger partial charge on any atom is -0.477 e. The van der Waals surface area contributed by atoms with E-state index in [0.29, 0.717) is 48.4 Å². The van der Waals surface area contributed by atoms with E-state index in [0.717, 1.165) is 0 Å². The Labute approximate surface area is 165 Å². The predicted molar refractivity (Wildman–Crippen MR) is 107 cm³/mol. The molecule has 1 aliphatic heterocycles. The van der Waals surface area contributed by atoms with Crippen LogP contribution in [0, 0.1) is 5.82 Å². The number of fused-ring (bicyclic) bond motifs is 2. The van der Waals surface area contributed by atoms with Crippen LogP contribution in [0.1, 0.15) is 17.3 Å². The summed E-state index contributed by atoms with van der Waals surface area (Å²) in [5.41, 5.74) is 0.374. The lowest BCUT2D eigenvalue weighted by molar-refractivity contribution is 0.0695. The molecular formula is C20H21FN4O4. The van der Waals surface area contributed by atoms with Crippen LogP contribution in [0.3, 0.4) is 0 Å². The number of aliphatic hydroxyl groups is 1. The van der Waals surface area contributed by atoms with Gasteiger partial charge in [0.2, 0.25) is 5.43 Å². The first-order valence-corrected chi connectivity index (χ1v) is 9.42. The topological polar surface area (TPSA) is 108 Å². The van der Waals surface area contributed by atoms with Crippen molar-refractivity contribution >= 4 is 33.6 Å². The lowest BCUT2D eigenvalue weighted by Crippen LogP contribution is -2.58. The van der Waals surface area contributed by atoms with Gasteiger partial charge in [-0.15, -0.1) is 0 Å². The third kappa shape index (κ3) is 3.32. The number of benzene rings is 1. The van der Waals surface area contributed by atoms with Crippen molar-refractivity contribution in [2.75, 3.05) is 31.1 Å². The molecule has 4 rings (SSSR count). The van der Waals surface area contributed by atoms with Gasteiger partial charge in [-0.2, -0.15) is 0 Å². The number of aliphatic hydroxyl groups excluding tert-OH is 1.